The van der Waals surface area contributed by atoms with Crippen LogP contribution in [0.25, 0.3) is 0 Å². The van der Waals surface area contributed by atoms with Crippen LogP contribution in [-0.2, 0) is 6.54 Å². The molecule has 136 valence electrons. The molecule has 3 aromatic rings. The summed E-state index contributed by atoms with van der Waals surface area (Å²) in [5, 5.41) is 6.06. The highest BCUT2D eigenvalue weighted by Gasteiger charge is 2.13. The van der Waals surface area contributed by atoms with Crippen LogP contribution >= 0.6 is 11.6 Å². The molecule has 1 aromatic carbocycles. The van der Waals surface area contributed by atoms with Crippen molar-refractivity contribution < 1.29 is 9.59 Å². The Morgan fingerprint density at radius 2 is 1.85 bits per heavy atom. The van der Waals surface area contributed by atoms with Gasteiger partial charge in [-0.15, -0.1) is 0 Å². The van der Waals surface area contributed by atoms with Crippen molar-refractivity contribution in [3.8, 4) is 0 Å². The fraction of sp³-hybridized carbons (Fsp3) is 0.100. The van der Waals surface area contributed by atoms with Gasteiger partial charge in [0.05, 0.1) is 12.2 Å². The number of carbonyl (C=O) groups excluding carboxylic acids is 2. The lowest BCUT2D eigenvalue weighted by molar-refractivity contribution is 0.0945. The number of halogens is 1. The van der Waals surface area contributed by atoms with Crippen molar-refractivity contribution in [1.29, 1.82) is 0 Å². The molecular formula is C20H17ClN4O2. The number of nitrogens with one attached hydrogen (secondary N) is 2. The monoisotopic (exact) mass is 380 g/mol. The molecule has 0 aliphatic rings. The summed E-state index contributed by atoms with van der Waals surface area (Å²) in [5.41, 5.74) is 2.71. The standard InChI is InChI=1S/C20H17ClN4O2/c1-13-5-6-15(21)11-17(13)25-19(26)14-7-9-23-18(10-14)20(27)24-12-16-4-2-3-8-22-16/h2-11H,12H2,1H3,(H,24,27)(H,25,26). The molecule has 0 atom stereocenters. The number of aryl methyl sites for hydroxylation is 1. The van der Waals surface area contributed by atoms with Gasteiger partial charge in [0.15, 0.2) is 0 Å². The molecule has 0 aliphatic carbocycles. The Bertz CT molecular complexity index is 977. The van der Waals surface area contributed by atoms with Gasteiger partial charge in [0, 0.05) is 28.7 Å². The van der Waals surface area contributed by atoms with Crippen LogP contribution in [-0.4, -0.2) is 21.8 Å². The minimum atomic E-state index is -0.380. The van der Waals surface area contributed by atoms with Gasteiger partial charge in [-0.1, -0.05) is 23.7 Å². The summed E-state index contributed by atoms with van der Waals surface area (Å²) in [5.74, 6) is -0.726. The van der Waals surface area contributed by atoms with Crippen molar-refractivity contribution in [2.24, 2.45) is 0 Å². The van der Waals surface area contributed by atoms with Gasteiger partial charge in [-0.3, -0.25) is 19.6 Å². The van der Waals surface area contributed by atoms with Gasteiger partial charge in [-0.25, -0.2) is 0 Å². The summed E-state index contributed by atoms with van der Waals surface area (Å²) in [7, 11) is 0. The molecule has 3 rings (SSSR count). The van der Waals surface area contributed by atoms with E-state index in [9.17, 15) is 9.59 Å². The molecule has 0 saturated heterocycles. The summed E-state index contributed by atoms with van der Waals surface area (Å²) in [4.78, 5) is 33.0. The second-order valence-electron chi connectivity index (χ2n) is 5.85. The van der Waals surface area contributed by atoms with E-state index in [0.717, 1.165) is 11.3 Å². The first-order valence-corrected chi connectivity index (χ1v) is 8.62. The molecule has 0 saturated carbocycles. The van der Waals surface area contributed by atoms with E-state index in [-0.39, 0.29) is 24.1 Å². The first-order chi connectivity index (χ1) is 13.0. The third-order valence-corrected chi connectivity index (χ3v) is 4.09. The highest BCUT2D eigenvalue weighted by molar-refractivity contribution is 6.31. The molecule has 0 bridgehead atoms. The fourth-order valence-corrected chi connectivity index (χ4v) is 2.56. The molecule has 0 radical (unpaired) electrons. The molecule has 27 heavy (non-hydrogen) atoms. The number of anilines is 1. The average Bonchev–Trinajstić information content (AvgIpc) is 2.69. The normalized spacial score (nSPS) is 10.3. The zero-order valence-corrected chi connectivity index (χ0v) is 15.3. The maximum atomic E-state index is 12.5. The van der Waals surface area contributed by atoms with Gasteiger partial charge in [0.1, 0.15) is 5.69 Å². The molecule has 0 aliphatic heterocycles. The second kappa shape index (κ2) is 8.42. The van der Waals surface area contributed by atoms with Crippen LogP contribution in [0.2, 0.25) is 5.02 Å². The van der Waals surface area contributed by atoms with Crippen LogP contribution in [0.4, 0.5) is 5.69 Å². The lowest BCUT2D eigenvalue weighted by atomic mass is 10.1. The maximum Gasteiger partial charge on any atom is 0.270 e. The second-order valence-corrected chi connectivity index (χ2v) is 6.28. The number of benzene rings is 1. The number of hydrogen-bond acceptors (Lipinski definition) is 4. The summed E-state index contributed by atoms with van der Waals surface area (Å²) >= 11 is 5.98. The maximum absolute atomic E-state index is 12.5. The predicted molar refractivity (Wildman–Crippen MR) is 104 cm³/mol. The minimum absolute atomic E-state index is 0.154. The third kappa shape index (κ3) is 4.89. The van der Waals surface area contributed by atoms with Crippen LogP contribution < -0.4 is 10.6 Å². The zero-order valence-electron chi connectivity index (χ0n) is 14.6. The van der Waals surface area contributed by atoms with Gasteiger partial charge < -0.3 is 10.6 Å². The van der Waals surface area contributed by atoms with E-state index < -0.39 is 0 Å². The number of rotatable bonds is 5. The number of pyridine rings is 2. The molecule has 0 unspecified atom stereocenters. The Hall–Kier alpha value is -3.25. The van der Waals surface area contributed by atoms with E-state index in [1.807, 2.05) is 25.1 Å². The van der Waals surface area contributed by atoms with Crippen LogP contribution in [0, 0.1) is 6.92 Å². The molecule has 2 amide bonds. The Labute approximate surface area is 161 Å². The molecular weight excluding hydrogens is 364 g/mol. The molecule has 6 nitrogen and oxygen atoms in total. The number of hydrogen-bond donors (Lipinski definition) is 2. The van der Waals surface area contributed by atoms with Crippen molar-refractivity contribution in [2.45, 2.75) is 13.5 Å². The van der Waals surface area contributed by atoms with Crippen LogP contribution in [0.5, 0.6) is 0 Å². The van der Waals surface area contributed by atoms with Crippen LogP contribution in [0.1, 0.15) is 32.1 Å². The summed E-state index contributed by atoms with van der Waals surface area (Å²) < 4.78 is 0. The van der Waals surface area contributed by atoms with Gasteiger partial charge >= 0.3 is 0 Å². The third-order valence-electron chi connectivity index (χ3n) is 3.86. The van der Waals surface area contributed by atoms with E-state index >= 15 is 0 Å². The highest BCUT2D eigenvalue weighted by Crippen LogP contribution is 2.21. The Morgan fingerprint density at radius 1 is 1.00 bits per heavy atom. The highest BCUT2D eigenvalue weighted by atomic mass is 35.5. The minimum Gasteiger partial charge on any atom is -0.345 e. The smallest absolute Gasteiger partial charge is 0.270 e. The molecule has 2 heterocycles. The van der Waals surface area contributed by atoms with Crippen LogP contribution in [0.3, 0.4) is 0 Å². The van der Waals surface area contributed by atoms with Gasteiger partial charge in [0.25, 0.3) is 11.8 Å². The predicted octanol–water partition coefficient (Wildman–Crippen LogP) is 3.62. The molecule has 7 heteroatoms. The largest absolute Gasteiger partial charge is 0.345 e. The lowest BCUT2D eigenvalue weighted by Crippen LogP contribution is -2.25. The Balaban J connectivity index is 1.69. The van der Waals surface area contributed by atoms with Crippen LogP contribution in [0.15, 0.2) is 60.9 Å². The first-order valence-electron chi connectivity index (χ1n) is 8.24. The summed E-state index contributed by atoms with van der Waals surface area (Å²) in [6.45, 7) is 2.15. The summed E-state index contributed by atoms with van der Waals surface area (Å²) in [6, 6.07) is 13.7. The fourth-order valence-electron chi connectivity index (χ4n) is 2.38. The Morgan fingerprint density at radius 3 is 2.63 bits per heavy atom. The van der Waals surface area contributed by atoms with Crippen molar-refractivity contribution in [3.63, 3.8) is 0 Å². The topological polar surface area (TPSA) is 84.0 Å². The SMILES string of the molecule is Cc1ccc(Cl)cc1NC(=O)c1ccnc(C(=O)NCc2ccccn2)c1. The van der Waals surface area contributed by atoms with Gasteiger partial charge in [0.2, 0.25) is 0 Å². The Kier molecular flexibility index (Phi) is 5.78. The van der Waals surface area contributed by atoms with E-state index in [4.69, 9.17) is 11.6 Å². The number of amides is 2. The molecule has 2 N–H and O–H groups in total. The van der Waals surface area contributed by atoms with E-state index in [1.54, 1.807) is 30.5 Å². The lowest BCUT2D eigenvalue weighted by Gasteiger charge is -2.10. The van der Waals surface area contributed by atoms with E-state index in [1.165, 1.54) is 12.3 Å². The summed E-state index contributed by atoms with van der Waals surface area (Å²) in [6.07, 6.45) is 3.08. The molecule has 2 aromatic heterocycles. The molecule has 0 fully saturated rings. The van der Waals surface area contributed by atoms with Gasteiger partial charge in [-0.05, 0) is 48.9 Å². The number of carbonyl (C=O) groups is 2. The van der Waals surface area contributed by atoms with Crippen molar-refractivity contribution in [2.75, 3.05) is 5.32 Å². The van der Waals surface area contributed by atoms with Gasteiger partial charge in [-0.2, -0.15) is 0 Å². The number of aromatic nitrogens is 2. The van der Waals surface area contributed by atoms with Crippen molar-refractivity contribution >= 4 is 29.1 Å². The van der Waals surface area contributed by atoms with E-state index in [0.29, 0.717) is 16.3 Å². The van der Waals surface area contributed by atoms with Crippen molar-refractivity contribution in [3.05, 3.63) is 88.5 Å². The first kappa shape index (κ1) is 18.5. The zero-order chi connectivity index (χ0) is 19.2. The quantitative estimate of drug-likeness (QED) is 0.708. The molecule has 0 spiro atoms. The number of nitrogens with zero attached hydrogens (tertiary/aromatic N) is 2. The van der Waals surface area contributed by atoms with Crippen molar-refractivity contribution in [1.82, 2.24) is 15.3 Å². The van der Waals surface area contributed by atoms with E-state index in [2.05, 4.69) is 20.6 Å². The average molecular weight is 381 g/mol.